The van der Waals surface area contributed by atoms with Crippen LogP contribution < -0.4 is 0 Å². The van der Waals surface area contributed by atoms with Crippen molar-refractivity contribution in [3.05, 3.63) is 95.9 Å². The van der Waals surface area contributed by atoms with Crippen molar-refractivity contribution in [1.29, 1.82) is 0 Å². The molecule has 0 bridgehead atoms. The quantitative estimate of drug-likeness (QED) is 0.316. The molecule has 0 saturated carbocycles. The standard InChI is InChI=1S/C24H15ClO/c25-19-12-9-17(10-13-19)20-7-4-8-23-24(20)21-15-18(11-14-22(21)26-23)16-5-2-1-3-6-16/h1-15H/i4D,7D,8D,11D,14D,15D. The van der Waals surface area contributed by atoms with Gasteiger partial charge in [-0.2, -0.15) is 0 Å². The zero-order valence-electron chi connectivity index (χ0n) is 19.5. The van der Waals surface area contributed by atoms with E-state index in [4.69, 9.17) is 24.2 Å². The summed E-state index contributed by atoms with van der Waals surface area (Å²) in [6.07, 6.45) is 0. The first kappa shape index (κ1) is 10.2. The van der Waals surface area contributed by atoms with Crippen LogP contribution in [0.25, 0.3) is 44.2 Å². The van der Waals surface area contributed by atoms with Crippen molar-refractivity contribution in [2.24, 2.45) is 0 Å². The van der Waals surface area contributed by atoms with Gasteiger partial charge in [0.05, 0.1) is 8.22 Å². The van der Waals surface area contributed by atoms with Crippen LogP contribution in [0.15, 0.2) is 95.3 Å². The maximum atomic E-state index is 8.95. The molecule has 124 valence electrons. The molecule has 4 aromatic carbocycles. The van der Waals surface area contributed by atoms with Gasteiger partial charge in [0, 0.05) is 15.8 Å². The van der Waals surface area contributed by atoms with Gasteiger partial charge in [0.25, 0.3) is 0 Å². The lowest BCUT2D eigenvalue weighted by molar-refractivity contribution is 0.669. The summed E-state index contributed by atoms with van der Waals surface area (Å²) < 4.78 is 57.1. The maximum absolute atomic E-state index is 8.95. The highest BCUT2D eigenvalue weighted by molar-refractivity contribution is 6.30. The first-order valence-corrected chi connectivity index (χ1v) is 8.46. The van der Waals surface area contributed by atoms with Crippen molar-refractivity contribution in [2.75, 3.05) is 0 Å². The average Bonchev–Trinajstić information content (AvgIpc) is 3.19. The molecule has 0 radical (unpaired) electrons. The Morgan fingerprint density at radius 2 is 1.54 bits per heavy atom. The van der Waals surface area contributed by atoms with Gasteiger partial charge in [-0.25, -0.2) is 0 Å². The molecule has 0 saturated heterocycles. The van der Waals surface area contributed by atoms with Crippen LogP contribution in [-0.2, 0) is 0 Å². The molecule has 0 aliphatic rings. The Kier molecular flexibility index (Phi) is 2.37. The Bertz CT molecular complexity index is 1530. The second-order valence-electron chi connectivity index (χ2n) is 5.88. The third-order valence-corrected chi connectivity index (χ3v) is 4.52. The van der Waals surface area contributed by atoms with E-state index < -0.39 is 0 Å². The Hall–Kier alpha value is -3.03. The number of halogens is 1. The largest absolute Gasteiger partial charge is 0.456 e. The van der Waals surface area contributed by atoms with E-state index in [0.29, 0.717) is 27.1 Å². The lowest BCUT2D eigenvalue weighted by Crippen LogP contribution is -1.80. The van der Waals surface area contributed by atoms with Crippen LogP contribution in [0, 0.1) is 0 Å². The van der Waals surface area contributed by atoms with E-state index >= 15 is 0 Å². The van der Waals surface area contributed by atoms with Crippen LogP contribution in [0.5, 0.6) is 0 Å². The number of furan rings is 1. The Morgan fingerprint density at radius 1 is 0.731 bits per heavy atom. The van der Waals surface area contributed by atoms with Crippen LogP contribution in [-0.4, -0.2) is 0 Å². The van der Waals surface area contributed by atoms with E-state index in [1.54, 1.807) is 48.5 Å². The van der Waals surface area contributed by atoms with Crippen LogP contribution in [0.1, 0.15) is 8.22 Å². The summed E-state index contributed by atoms with van der Waals surface area (Å²) in [5, 5.41) is 1.09. The maximum Gasteiger partial charge on any atom is 0.136 e. The number of hydrogen-bond acceptors (Lipinski definition) is 1. The molecular weight excluding hydrogens is 340 g/mol. The second-order valence-corrected chi connectivity index (χ2v) is 6.32. The highest BCUT2D eigenvalue weighted by Gasteiger charge is 2.13. The fourth-order valence-electron chi connectivity index (χ4n) is 3.04. The molecule has 0 N–H and O–H groups in total. The second kappa shape index (κ2) is 6.05. The molecule has 0 aliphatic carbocycles. The van der Waals surface area contributed by atoms with Gasteiger partial charge < -0.3 is 4.42 Å². The van der Waals surface area contributed by atoms with Crippen LogP contribution in [0.4, 0.5) is 0 Å². The minimum Gasteiger partial charge on any atom is -0.456 e. The smallest absolute Gasteiger partial charge is 0.136 e. The topological polar surface area (TPSA) is 13.1 Å². The van der Waals surface area contributed by atoms with Crippen molar-refractivity contribution >= 4 is 33.5 Å². The molecule has 2 heteroatoms. The molecule has 26 heavy (non-hydrogen) atoms. The number of fused-ring (bicyclic) bond motifs is 3. The van der Waals surface area contributed by atoms with Crippen LogP contribution in [0.2, 0.25) is 5.02 Å². The fraction of sp³-hybridized carbons (Fsp3) is 0. The van der Waals surface area contributed by atoms with E-state index in [-0.39, 0.29) is 58.4 Å². The molecule has 0 spiro atoms. The third-order valence-electron chi connectivity index (χ3n) is 4.27. The summed E-state index contributed by atoms with van der Waals surface area (Å²) in [6, 6.07) is 14.6. The Labute approximate surface area is 164 Å². The van der Waals surface area contributed by atoms with Gasteiger partial charge in [-0.1, -0.05) is 72.2 Å². The van der Waals surface area contributed by atoms with Crippen LogP contribution >= 0.6 is 11.6 Å². The van der Waals surface area contributed by atoms with E-state index in [1.165, 1.54) is 0 Å². The molecule has 0 amide bonds. The highest BCUT2D eigenvalue weighted by atomic mass is 35.5. The monoisotopic (exact) mass is 360 g/mol. The first-order chi connectivity index (χ1) is 15.3. The minimum absolute atomic E-state index is 0.00314. The summed E-state index contributed by atoms with van der Waals surface area (Å²) in [6.45, 7) is 0. The van der Waals surface area contributed by atoms with Crippen LogP contribution in [0.3, 0.4) is 0 Å². The molecule has 0 aliphatic heterocycles. The molecular formula is C24H15ClO. The van der Waals surface area contributed by atoms with E-state index in [1.807, 2.05) is 6.07 Å². The highest BCUT2D eigenvalue weighted by Crippen LogP contribution is 2.38. The van der Waals surface area contributed by atoms with Crippen molar-refractivity contribution < 1.29 is 12.6 Å². The predicted molar refractivity (Wildman–Crippen MR) is 110 cm³/mol. The molecule has 0 unspecified atom stereocenters. The van der Waals surface area contributed by atoms with E-state index in [9.17, 15) is 0 Å². The molecule has 1 heterocycles. The predicted octanol–water partition coefficient (Wildman–Crippen LogP) is 7.57. The lowest BCUT2D eigenvalue weighted by Gasteiger charge is -2.05. The molecule has 0 fully saturated rings. The molecule has 1 aromatic heterocycles. The van der Waals surface area contributed by atoms with Gasteiger partial charge in [0.15, 0.2) is 0 Å². The average molecular weight is 361 g/mol. The summed E-state index contributed by atoms with van der Waals surface area (Å²) >= 11 is 6.03. The van der Waals surface area contributed by atoms with Crippen molar-refractivity contribution in [2.45, 2.75) is 0 Å². The van der Waals surface area contributed by atoms with Crippen molar-refractivity contribution in [1.82, 2.24) is 0 Å². The Balaban J connectivity index is 2.03. The molecule has 1 nitrogen and oxygen atoms in total. The van der Waals surface area contributed by atoms with E-state index in [2.05, 4.69) is 0 Å². The summed E-state index contributed by atoms with van der Waals surface area (Å²) in [5.41, 5.74) is 1.85. The van der Waals surface area contributed by atoms with Gasteiger partial charge in [-0.15, -0.1) is 0 Å². The minimum atomic E-state index is -0.311. The molecule has 5 aromatic rings. The summed E-state index contributed by atoms with van der Waals surface area (Å²) in [5.74, 6) is 0. The number of rotatable bonds is 2. The number of hydrogen-bond donors (Lipinski definition) is 0. The van der Waals surface area contributed by atoms with Gasteiger partial charge in [-0.05, 0) is 52.5 Å². The molecule has 0 atom stereocenters. The number of benzene rings is 4. The van der Waals surface area contributed by atoms with Crippen molar-refractivity contribution in [3.8, 4) is 22.3 Å². The SMILES string of the molecule is [2H]c1c(-c2ccccc2)c([2H])c2c(oc3c([2H])c([2H])c([2H])c(-c4ccc(Cl)cc4)c32)c1[2H]. The van der Waals surface area contributed by atoms with Gasteiger partial charge in [0.2, 0.25) is 0 Å². The lowest BCUT2D eigenvalue weighted by atomic mass is 9.97. The van der Waals surface area contributed by atoms with Crippen molar-refractivity contribution in [3.63, 3.8) is 0 Å². The zero-order valence-corrected chi connectivity index (χ0v) is 14.2. The third kappa shape index (κ3) is 2.49. The summed E-state index contributed by atoms with van der Waals surface area (Å²) in [7, 11) is 0. The molecule has 5 rings (SSSR count). The zero-order chi connectivity index (χ0) is 22.7. The van der Waals surface area contributed by atoms with E-state index in [0.717, 1.165) is 0 Å². The summed E-state index contributed by atoms with van der Waals surface area (Å²) in [4.78, 5) is 0. The fourth-order valence-corrected chi connectivity index (χ4v) is 3.16. The first-order valence-electron chi connectivity index (χ1n) is 11.1. The van der Waals surface area contributed by atoms with Gasteiger partial charge >= 0.3 is 0 Å². The van der Waals surface area contributed by atoms with Gasteiger partial charge in [0.1, 0.15) is 11.2 Å². The van der Waals surface area contributed by atoms with Gasteiger partial charge in [-0.3, -0.25) is 0 Å². The normalized spacial score (nSPS) is 14.5. The Morgan fingerprint density at radius 3 is 2.35 bits per heavy atom.